The number of nitrogens with zero attached hydrogens (tertiary/aromatic N) is 2. The molecule has 0 unspecified atom stereocenters. The molecule has 8 heteroatoms. The fourth-order valence-electron chi connectivity index (χ4n) is 1.13. The summed E-state index contributed by atoms with van der Waals surface area (Å²) in [5.41, 5.74) is -0.00578. The lowest BCUT2D eigenvalue weighted by Crippen LogP contribution is -2.15. The summed E-state index contributed by atoms with van der Waals surface area (Å²) in [5, 5.41) is 9.65. The molecule has 1 N–H and O–H groups in total. The van der Waals surface area contributed by atoms with E-state index in [0.717, 1.165) is 17.9 Å². The molecule has 1 aromatic rings. The summed E-state index contributed by atoms with van der Waals surface area (Å²) in [6.07, 6.45) is 0.624. The number of aromatic nitrogens is 1. The first-order valence-corrected chi connectivity index (χ1v) is 6.61. The Morgan fingerprint density at radius 1 is 1.47 bits per heavy atom. The lowest BCUT2D eigenvalue weighted by Gasteiger charge is -2.08. The molecule has 0 fully saturated rings. The number of likely N-dealkylation sites (N-methyl/N-ethyl adjacent to an activating group) is 1. The van der Waals surface area contributed by atoms with Gasteiger partial charge >= 0.3 is 5.97 Å². The normalized spacial score (nSPS) is 12.1. The van der Waals surface area contributed by atoms with Crippen LogP contribution in [0.25, 0.3) is 0 Å². The molecule has 96 valence electrons. The van der Waals surface area contributed by atoms with E-state index in [4.69, 9.17) is 39.9 Å². The van der Waals surface area contributed by atoms with Crippen molar-refractivity contribution in [3.8, 4) is 0 Å². The Kier molecular flexibility index (Phi) is 5.04. The van der Waals surface area contributed by atoms with Crippen molar-refractivity contribution in [2.45, 2.75) is 10.2 Å². The van der Waals surface area contributed by atoms with Crippen molar-refractivity contribution in [2.75, 3.05) is 20.6 Å². The van der Waals surface area contributed by atoms with E-state index < -0.39 is 9.76 Å². The molecule has 0 radical (unpaired) electrons. The van der Waals surface area contributed by atoms with E-state index >= 15 is 0 Å². The number of carboxylic acids is 1. The van der Waals surface area contributed by atoms with Gasteiger partial charge in [0, 0.05) is 13.0 Å². The predicted octanol–water partition coefficient (Wildman–Crippen LogP) is 2.77. The lowest BCUT2D eigenvalue weighted by molar-refractivity contribution is 0.0701. The van der Waals surface area contributed by atoms with Crippen molar-refractivity contribution >= 4 is 52.1 Å². The zero-order valence-electron chi connectivity index (χ0n) is 9.21. The first-order valence-electron chi connectivity index (χ1n) is 4.66. The van der Waals surface area contributed by atoms with E-state index in [1.807, 2.05) is 19.0 Å². The Labute approximate surface area is 118 Å². The SMILES string of the molecule is CN(C)CCc1nc(C(Cl)(Cl)Cl)c(C(=O)O)s1. The zero-order valence-corrected chi connectivity index (χ0v) is 12.3. The third-order valence-corrected chi connectivity index (χ3v) is 3.55. The smallest absolute Gasteiger partial charge is 0.347 e. The average molecular weight is 318 g/mol. The van der Waals surface area contributed by atoms with Crippen LogP contribution < -0.4 is 0 Å². The van der Waals surface area contributed by atoms with E-state index in [9.17, 15) is 4.79 Å². The molecule has 0 saturated heterocycles. The Hall–Kier alpha value is -0.0700. The molecule has 0 spiro atoms. The number of halogens is 3. The Balaban J connectivity index is 3.01. The predicted molar refractivity (Wildman–Crippen MR) is 70.6 cm³/mol. The number of aromatic carboxylic acids is 1. The average Bonchev–Trinajstić information content (AvgIpc) is 2.57. The Bertz CT molecular complexity index is 415. The standard InChI is InChI=1S/C9H11Cl3N2O2S/c1-14(2)4-3-5-13-7(9(10,11)12)6(17-5)8(15)16/h3-4H2,1-2H3,(H,15,16). The summed E-state index contributed by atoms with van der Waals surface area (Å²) >= 11 is 18.1. The highest BCUT2D eigenvalue weighted by molar-refractivity contribution is 7.13. The largest absolute Gasteiger partial charge is 0.477 e. The van der Waals surface area contributed by atoms with E-state index in [2.05, 4.69) is 4.98 Å². The molecule has 0 saturated carbocycles. The molecule has 0 amide bonds. The molecular formula is C9H11Cl3N2O2S. The highest BCUT2D eigenvalue weighted by atomic mass is 35.6. The van der Waals surface area contributed by atoms with Crippen LogP contribution >= 0.6 is 46.1 Å². The topological polar surface area (TPSA) is 53.4 Å². The monoisotopic (exact) mass is 316 g/mol. The van der Waals surface area contributed by atoms with Crippen LogP contribution in [0.5, 0.6) is 0 Å². The van der Waals surface area contributed by atoms with Gasteiger partial charge in [0.25, 0.3) is 0 Å². The highest BCUT2D eigenvalue weighted by Crippen LogP contribution is 2.41. The zero-order chi connectivity index (χ0) is 13.2. The third kappa shape index (κ3) is 4.26. The van der Waals surface area contributed by atoms with Crippen molar-refractivity contribution in [2.24, 2.45) is 0 Å². The second-order valence-electron chi connectivity index (χ2n) is 3.64. The summed E-state index contributed by atoms with van der Waals surface area (Å²) in [4.78, 5) is 17.0. The van der Waals surface area contributed by atoms with Crippen LogP contribution in [0.1, 0.15) is 20.4 Å². The van der Waals surface area contributed by atoms with Gasteiger partial charge in [-0.3, -0.25) is 0 Å². The van der Waals surface area contributed by atoms with Crippen LogP contribution in [0.2, 0.25) is 0 Å². The number of alkyl halides is 3. The van der Waals surface area contributed by atoms with Crippen molar-refractivity contribution in [3.63, 3.8) is 0 Å². The molecule has 0 aliphatic rings. The van der Waals surface area contributed by atoms with E-state index in [1.165, 1.54) is 0 Å². The number of carbonyl (C=O) groups is 1. The summed E-state index contributed by atoms with van der Waals surface area (Å²) in [6, 6.07) is 0. The first-order chi connectivity index (χ1) is 7.71. The number of carboxylic acid groups (broad SMARTS) is 1. The van der Waals surface area contributed by atoms with E-state index in [-0.39, 0.29) is 10.6 Å². The molecule has 0 aromatic carbocycles. The number of hydrogen-bond acceptors (Lipinski definition) is 4. The van der Waals surface area contributed by atoms with Crippen LogP contribution in [0.4, 0.5) is 0 Å². The second kappa shape index (κ2) is 5.71. The molecule has 0 atom stereocenters. The molecule has 0 aliphatic carbocycles. The minimum atomic E-state index is -1.80. The summed E-state index contributed by atoms with van der Waals surface area (Å²) < 4.78 is -1.80. The summed E-state index contributed by atoms with van der Waals surface area (Å²) in [7, 11) is 3.84. The minimum absolute atomic E-state index is 0.00578. The van der Waals surface area contributed by atoms with Crippen LogP contribution in [-0.4, -0.2) is 41.6 Å². The molecule has 0 aliphatic heterocycles. The van der Waals surface area contributed by atoms with Crippen molar-refractivity contribution in [1.82, 2.24) is 9.88 Å². The van der Waals surface area contributed by atoms with Crippen LogP contribution in [-0.2, 0) is 10.2 Å². The quantitative estimate of drug-likeness (QED) is 0.868. The van der Waals surface area contributed by atoms with Gasteiger partial charge in [-0.1, -0.05) is 34.8 Å². The van der Waals surface area contributed by atoms with Crippen molar-refractivity contribution < 1.29 is 9.90 Å². The third-order valence-electron chi connectivity index (χ3n) is 1.91. The Morgan fingerprint density at radius 2 is 2.06 bits per heavy atom. The van der Waals surface area contributed by atoms with Gasteiger partial charge in [-0.05, 0) is 14.1 Å². The molecule has 1 aromatic heterocycles. The molecule has 17 heavy (non-hydrogen) atoms. The fraction of sp³-hybridized carbons (Fsp3) is 0.556. The van der Waals surface area contributed by atoms with Gasteiger partial charge in [-0.2, -0.15) is 0 Å². The van der Waals surface area contributed by atoms with Crippen LogP contribution in [0.15, 0.2) is 0 Å². The van der Waals surface area contributed by atoms with Crippen LogP contribution in [0.3, 0.4) is 0 Å². The molecule has 4 nitrogen and oxygen atoms in total. The molecular weight excluding hydrogens is 307 g/mol. The van der Waals surface area contributed by atoms with Gasteiger partial charge in [0.1, 0.15) is 10.6 Å². The molecule has 0 bridgehead atoms. The number of hydrogen-bond donors (Lipinski definition) is 1. The van der Waals surface area contributed by atoms with Gasteiger partial charge < -0.3 is 10.0 Å². The van der Waals surface area contributed by atoms with Crippen LogP contribution in [0, 0.1) is 0 Å². The van der Waals surface area contributed by atoms with Gasteiger partial charge in [-0.15, -0.1) is 11.3 Å². The lowest BCUT2D eigenvalue weighted by atomic mass is 10.4. The van der Waals surface area contributed by atoms with Crippen molar-refractivity contribution in [1.29, 1.82) is 0 Å². The van der Waals surface area contributed by atoms with Crippen molar-refractivity contribution in [3.05, 3.63) is 15.6 Å². The van der Waals surface area contributed by atoms with E-state index in [1.54, 1.807) is 0 Å². The van der Waals surface area contributed by atoms with Gasteiger partial charge in [0.2, 0.25) is 3.79 Å². The fourth-order valence-corrected chi connectivity index (χ4v) is 2.65. The van der Waals surface area contributed by atoms with Gasteiger partial charge in [0.05, 0.1) is 5.01 Å². The van der Waals surface area contributed by atoms with Gasteiger partial charge in [0.15, 0.2) is 0 Å². The maximum Gasteiger partial charge on any atom is 0.347 e. The minimum Gasteiger partial charge on any atom is -0.477 e. The summed E-state index contributed by atoms with van der Waals surface area (Å²) in [5.74, 6) is -1.13. The maximum atomic E-state index is 11.0. The maximum absolute atomic E-state index is 11.0. The number of thiazole rings is 1. The molecule has 1 heterocycles. The molecule has 1 rings (SSSR count). The van der Waals surface area contributed by atoms with E-state index in [0.29, 0.717) is 11.4 Å². The Morgan fingerprint density at radius 3 is 2.41 bits per heavy atom. The summed E-state index contributed by atoms with van der Waals surface area (Å²) in [6.45, 7) is 0.756. The van der Waals surface area contributed by atoms with Gasteiger partial charge in [-0.25, -0.2) is 9.78 Å². The first kappa shape index (κ1) is 15.0. The number of rotatable bonds is 4. The second-order valence-corrected chi connectivity index (χ2v) is 7.01. The highest BCUT2D eigenvalue weighted by Gasteiger charge is 2.33.